The van der Waals surface area contributed by atoms with Gasteiger partial charge in [0.25, 0.3) is 0 Å². The van der Waals surface area contributed by atoms with E-state index in [9.17, 15) is 9.90 Å². The summed E-state index contributed by atoms with van der Waals surface area (Å²) in [6.07, 6.45) is 6.46. The lowest BCUT2D eigenvalue weighted by molar-refractivity contribution is 0.0899. The molecule has 0 radical (unpaired) electrons. The Bertz CT molecular complexity index is 1570. The summed E-state index contributed by atoms with van der Waals surface area (Å²) in [6, 6.07) is 5.38. The molecule has 2 aliphatic rings. The van der Waals surface area contributed by atoms with Crippen molar-refractivity contribution >= 4 is 53.8 Å². The van der Waals surface area contributed by atoms with Gasteiger partial charge in [-0.3, -0.25) is 0 Å². The first-order valence-corrected chi connectivity index (χ1v) is 17.9. The fourth-order valence-electron chi connectivity index (χ4n) is 6.10. The zero-order valence-electron chi connectivity index (χ0n) is 23.3. The van der Waals surface area contributed by atoms with Crippen molar-refractivity contribution in [2.45, 2.75) is 76.2 Å². The van der Waals surface area contributed by atoms with Gasteiger partial charge in [0.1, 0.15) is 29.1 Å². The maximum absolute atomic E-state index is 11.2. The van der Waals surface area contributed by atoms with E-state index in [1.54, 1.807) is 7.05 Å². The van der Waals surface area contributed by atoms with Gasteiger partial charge in [-0.25, -0.2) is 14.8 Å². The number of hydrogen-bond donors (Lipinski definition) is 2. The molecule has 40 heavy (non-hydrogen) atoms. The summed E-state index contributed by atoms with van der Waals surface area (Å²) >= 11 is 6.87. The van der Waals surface area contributed by atoms with Gasteiger partial charge in [-0.05, 0) is 37.8 Å². The van der Waals surface area contributed by atoms with Crippen molar-refractivity contribution in [1.29, 1.82) is 0 Å². The number of piperidine rings is 1. The fraction of sp³-hybridized carbons (Fsp3) is 0.519. The molecule has 0 saturated carbocycles. The third-order valence-electron chi connectivity index (χ3n) is 7.99. The Hall–Kier alpha value is -3.22. The Morgan fingerprint density at radius 1 is 1.15 bits per heavy atom. The van der Waals surface area contributed by atoms with E-state index in [2.05, 4.69) is 40.1 Å². The Balaban J connectivity index is 1.37. The molecule has 2 N–H and O–H groups in total. The number of fused-ring (bicyclic) bond motifs is 4. The second kappa shape index (κ2) is 10.3. The molecule has 1 aromatic carbocycles. The molecule has 2 fully saturated rings. The summed E-state index contributed by atoms with van der Waals surface area (Å²) < 4.78 is 8.16. The standard InChI is InChI=1S/C27H35ClN8O3Si/c1-34-32-21-8-7-19(23(28)25(21)33-34)20-14-35(15-39-9-10-40(2,3)4)26-24(20)29-13-22(31-26)36-17-5-6-18(36)12-16(11-17)30-27(37)38/h7-8,13-14,16-18,30H,5-6,9-12,15H2,1-4H3,(H,37,38). The van der Waals surface area contributed by atoms with Crippen LogP contribution in [-0.2, 0) is 18.5 Å². The molecule has 13 heteroatoms. The Morgan fingerprint density at radius 3 is 2.60 bits per heavy atom. The molecule has 4 aromatic rings. The van der Waals surface area contributed by atoms with Crippen LogP contribution in [0.2, 0.25) is 30.7 Å². The second-order valence-corrected chi connectivity index (χ2v) is 18.2. The average molecular weight is 583 g/mol. The van der Waals surface area contributed by atoms with Crippen LogP contribution in [0.5, 0.6) is 0 Å². The van der Waals surface area contributed by atoms with Gasteiger partial charge in [0.05, 0.1) is 11.2 Å². The van der Waals surface area contributed by atoms with Crippen LogP contribution in [0.15, 0.2) is 24.5 Å². The molecule has 6 rings (SSSR count). The van der Waals surface area contributed by atoms with Gasteiger partial charge >= 0.3 is 6.09 Å². The molecule has 1 amide bonds. The van der Waals surface area contributed by atoms with Crippen LogP contribution < -0.4 is 10.2 Å². The van der Waals surface area contributed by atoms with Crippen molar-refractivity contribution in [3.63, 3.8) is 0 Å². The van der Waals surface area contributed by atoms with Crippen LogP contribution in [-0.4, -0.2) is 73.5 Å². The minimum absolute atomic E-state index is 0.0312. The van der Waals surface area contributed by atoms with Gasteiger partial charge in [0, 0.05) is 57.2 Å². The van der Waals surface area contributed by atoms with Crippen molar-refractivity contribution in [1.82, 2.24) is 34.8 Å². The first-order valence-electron chi connectivity index (χ1n) is 13.8. The number of aromatic nitrogens is 6. The van der Waals surface area contributed by atoms with Crippen LogP contribution in [0.4, 0.5) is 10.6 Å². The normalized spacial score (nSPS) is 21.0. The average Bonchev–Trinajstić information content (AvgIpc) is 3.52. The van der Waals surface area contributed by atoms with E-state index in [1.807, 2.05) is 29.1 Å². The zero-order chi connectivity index (χ0) is 28.2. The summed E-state index contributed by atoms with van der Waals surface area (Å²) in [5, 5.41) is 21.3. The van der Waals surface area contributed by atoms with E-state index in [1.165, 1.54) is 4.80 Å². The second-order valence-electron chi connectivity index (χ2n) is 12.2. The highest BCUT2D eigenvalue weighted by Gasteiger charge is 2.42. The lowest BCUT2D eigenvalue weighted by Crippen LogP contribution is -2.50. The SMILES string of the molecule is Cn1nc2ccc(-c3cn(COCC[Si](C)(C)C)c4nc(N5C6CCC5CC(NC(=O)O)C6)cnc34)c(Cl)c2n1. The summed E-state index contributed by atoms with van der Waals surface area (Å²) in [4.78, 5) is 25.2. The first kappa shape index (κ1) is 27.0. The number of halogens is 1. The number of carboxylic acid groups (broad SMARTS) is 1. The first-order chi connectivity index (χ1) is 19.1. The maximum Gasteiger partial charge on any atom is 0.404 e. The highest BCUT2D eigenvalue weighted by Crippen LogP contribution is 2.41. The van der Waals surface area contributed by atoms with Crippen molar-refractivity contribution < 1.29 is 14.6 Å². The summed E-state index contributed by atoms with van der Waals surface area (Å²) in [5.74, 6) is 0.817. The largest absolute Gasteiger partial charge is 0.465 e. The van der Waals surface area contributed by atoms with Crippen molar-refractivity contribution in [2.75, 3.05) is 11.5 Å². The van der Waals surface area contributed by atoms with E-state index in [4.69, 9.17) is 26.3 Å². The minimum Gasteiger partial charge on any atom is -0.465 e. The summed E-state index contributed by atoms with van der Waals surface area (Å²) in [7, 11) is 0.551. The molecule has 2 unspecified atom stereocenters. The number of aryl methyl sites for hydroxylation is 1. The van der Waals surface area contributed by atoms with Crippen LogP contribution in [0.1, 0.15) is 25.7 Å². The Labute approximate surface area is 238 Å². The van der Waals surface area contributed by atoms with Gasteiger partial charge in [0.15, 0.2) is 5.65 Å². The molecule has 0 aliphatic carbocycles. The molecular formula is C27H35ClN8O3Si. The quantitative estimate of drug-likeness (QED) is 0.217. The lowest BCUT2D eigenvalue weighted by atomic mass is 9.97. The number of anilines is 1. The number of carbonyl (C=O) groups is 1. The number of amides is 1. The van der Waals surface area contributed by atoms with Gasteiger partial charge in [-0.1, -0.05) is 37.3 Å². The molecule has 3 aromatic heterocycles. The molecular weight excluding hydrogens is 548 g/mol. The van der Waals surface area contributed by atoms with Crippen molar-refractivity contribution in [3.8, 4) is 11.1 Å². The Kier molecular flexibility index (Phi) is 6.95. The molecule has 5 heterocycles. The molecule has 2 bridgehead atoms. The van der Waals surface area contributed by atoms with Crippen LogP contribution in [0.3, 0.4) is 0 Å². The van der Waals surface area contributed by atoms with Crippen molar-refractivity contribution in [3.05, 3.63) is 29.5 Å². The third-order valence-corrected chi connectivity index (χ3v) is 10.1. The predicted octanol–water partition coefficient (Wildman–Crippen LogP) is 5.11. The molecule has 0 spiro atoms. The molecule has 11 nitrogen and oxygen atoms in total. The van der Waals surface area contributed by atoms with Gasteiger partial charge in [0.2, 0.25) is 0 Å². The number of rotatable bonds is 8. The predicted molar refractivity (Wildman–Crippen MR) is 158 cm³/mol. The summed E-state index contributed by atoms with van der Waals surface area (Å²) in [6.45, 7) is 8.07. The summed E-state index contributed by atoms with van der Waals surface area (Å²) in [5.41, 5.74) is 4.56. The van der Waals surface area contributed by atoms with Crippen LogP contribution in [0, 0.1) is 0 Å². The van der Waals surface area contributed by atoms with Crippen LogP contribution in [0.25, 0.3) is 33.3 Å². The minimum atomic E-state index is -1.23. The Morgan fingerprint density at radius 2 is 1.90 bits per heavy atom. The number of hydrogen-bond acceptors (Lipinski definition) is 7. The highest BCUT2D eigenvalue weighted by atomic mass is 35.5. The van der Waals surface area contributed by atoms with E-state index in [-0.39, 0.29) is 18.1 Å². The number of benzene rings is 1. The molecule has 2 saturated heterocycles. The molecule has 2 aliphatic heterocycles. The fourth-order valence-corrected chi connectivity index (χ4v) is 7.16. The monoisotopic (exact) mass is 582 g/mol. The topological polar surface area (TPSA) is 123 Å². The number of nitrogens with one attached hydrogen (secondary N) is 1. The lowest BCUT2D eigenvalue weighted by Gasteiger charge is -2.39. The van der Waals surface area contributed by atoms with Gasteiger partial charge < -0.3 is 24.6 Å². The van der Waals surface area contributed by atoms with Gasteiger partial charge in [-0.2, -0.15) is 15.0 Å². The van der Waals surface area contributed by atoms with E-state index >= 15 is 0 Å². The van der Waals surface area contributed by atoms with Crippen LogP contribution >= 0.6 is 11.6 Å². The molecule has 212 valence electrons. The molecule has 2 atom stereocenters. The third kappa shape index (κ3) is 5.15. The number of nitrogens with zero attached hydrogens (tertiary/aromatic N) is 7. The van der Waals surface area contributed by atoms with Crippen molar-refractivity contribution in [2.24, 2.45) is 7.05 Å². The zero-order valence-corrected chi connectivity index (χ0v) is 25.0. The van der Waals surface area contributed by atoms with E-state index in [0.717, 1.165) is 65.4 Å². The maximum atomic E-state index is 11.2. The van der Waals surface area contributed by atoms with E-state index < -0.39 is 14.2 Å². The van der Waals surface area contributed by atoms with Gasteiger partial charge in [-0.15, -0.1) is 0 Å². The highest BCUT2D eigenvalue weighted by molar-refractivity contribution is 6.76. The van der Waals surface area contributed by atoms with E-state index in [0.29, 0.717) is 23.9 Å². The smallest absolute Gasteiger partial charge is 0.404 e. The number of ether oxygens (including phenoxy) is 1.